The first kappa shape index (κ1) is 18.1. The summed E-state index contributed by atoms with van der Waals surface area (Å²) in [6.45, 7) is 4.80. The molecule has 2 aromatic carbocycles. The Morgan fingerprint density at radius 3 is 2.65 bits per heavy atom. The van der Waals surface area contributed by atoms with Crippen molar-refractivity contribution in [3.63, 3.8) is 0 Å². The lowest BCUT2D eigenvalue weighted by atomic mass is 10.1. The lowest BCUT2D eigenvalue weighted by molar-refractivity contribution is -0.131. The number of aryl methyl sites for hydroxylation is 1. The van der Waals surface area contributed by atoms with Crippen LogP contribution in [0.25, 0.3) is 11.4 Å². The first-order valence-corrected chi connectivity index (χ1v) is 8.85. The molecule has 0 atom stereocenters. The molecule has 0 fully saturated rings. The van der Waals surface area contributed by atoms with Gasteiger partial charge in [-0.25, -0.2) is 0 Å². The summed E-state index contributed by atoms with van der Waals surface area (Å²) in [5, 5.41) is 4.68. The van der Waals surface area contributed by atoms with Gasteiger partial charge >= 0.3 is 0 Å². The minimum atomic E-state index is 0.00475. The normalized spacial score (nSPS) is 10.7. The van der Waals surface area contributed by atoms with Crippen molar-refractivity contribution < 1.29 is 9.32 Å². The number of rotatable bonds is 6. The summed E-state index contributed by atoms with van der Waals surface area (Å²) >= 11 is 5.88. The van der Waals surface area contributed by atoms with E-state index in [0.717, 1.165) is 16.7 Å². The molecule has 0 radical (unpaired) electrons. The predicted molar refractivity (Wildman–Crippen MR) is 101 cm³/mol. The Bertz CT molecular complexity index is 890. The zero-order valence-corrected chi connectivity index (χ0v) is 15.5. The molecular weight excluding hydrogens is 350 g/mol. The maximum absolute atomic E-state index is 12.6. The van der Waals surface area contributed by atoms with Gasteiger partial charge in [-0.3, -0.25) is 4.79 Å². The van der Waals surface area contributed by atoms with E-state index in [9.17, 15) is 4.79 Å². The van der Waals surface area contributed by atoms with E-state index in [4.69, 9.17) is 16.1 Å². The molecule has 6 heteroatoms. The molecule has 0 N–H and O–H groups in total. The van der Waals surface area contributed by atoms with Crippen LogP contribution in [0.3, 0.4) is 0 Å². The molecule has 0 aliphatic heterocycles. The summed E-state index contributed by atoms with van der Waals surface area (Å²) in [6, 6.07) is 15.2. The Hall–Kier alpha value is -2.66. The lowest BCUT2D eigenvalue weighted by Gasteiger charge is -2.18. The number of benzene rings is 2. The molecule has 0 aliphatic rings. The summed E-state index contributed by atoms with van der Waals surface area (Å²) in [5.74, 6) is 0.961. The van der Waals surface area contributed by atoms with Crippen molar-refractivity contribution in [2.24, 2.45) is 0 Å². The van der Waals surface area contributed by atoms with Crippen molar-refractivity contribution in [2.45, 2.75) is 26.8 Å². The fraction of sp³-hybridized carbons (Fsp3) is 0.250. The van der Waals surface area contributed by atoms with Crippen molar-refractivity contribution in [3.8, 4) is 11.4 Å². The molecule has 3 aromatic rings. The Morgan fingerprint density at radius 1 is 1.19 bits per heavy atom. The van der Waals surface area contributed by atoms with Crippen LogP contribution in [0.15, 0.2) is 53.1 Å². The van der Waals surface area contributed by atoms with Gasteiger partial charge in [-0.1, -0.05) is 52.7 Å². The topological polar surface area (TPSA) is 59.2 Å². The van der Waals surface area contributed by atoms with Crippen LogP contribution in [0.4, 0.5) is 0 Å². The second kappa shape index (κ2) is 8.15. The summed E-state index contributed by atoms with van der Waals surface area (Å²) in [7, 11) is 0. The van der Waals surface area contributed by atoms with E-state index < -0.39 is 0 Å². The lowest BCUT2D eigenvalue weighted by Crippen LogP contribution is -2.31. The molecule has 0 aliphatic carbocycles. The van der Waals surface area contributed by atoms with Crippen molar-refractivity contribution in [1.82, 2.24) is 15.0 Å². The Morgan fingerprint density at radius 2 is 1.96 bits per heavy atom. The zero-order chi connectivity index (χ0) is 18.5. The number of carbonyl (C=O) groups is 1. The second-order valence-corrected chi connectivity index (χ2v) is 6.53. The van der Waals surface area contributed by atoms with Crippen LogP contribution >= 0.6 is 11.6 Å². The average molecular weight is 370 g/mol. The summed E-state index contributed by atoms with van der Waals surface area (Å²) < 4.78 is 5.33. The van der Waals surface area contributed by atoms with E-state index in [0.29, 0.717) is 36.2 Å². The van der Waals surface area contributed by atoms with Gasteiger partial charge < -0.3 is 9.42 Å². The van der Waals surface area contributed by atoms with E-state index in [1.807, 2.05) is 50.2 Å². The molecule has 1 amide bonds. The highest BCUT2D eigenvalue weighted by Crippen LogP contribution is 2.18. The first-order valence-electron chi connectivity index (χ1n) is 8.47. The molecule has 0 saturated carbocycles. The molecule has 3 rings (SSSR count). The minimum Gasteiger partial charge on any atom is -0.337 e. The van der Waals surface area contributed by atoms with Gasteiger partial charge in [0.1, 0.15) is 0 Å². The highest BCUT2D eigenvalue weighted by atomic mass is 35.5. The first-order chi connectivity index (χ1) is 12.5. The number of halogens is 1. The molecule has 1 aromatic heterocycles. The molecular formula is C20H20ClN3O2. The van der Waals surface area contributed by atoms with E-state index in [1.165, 1.54) is 0 Å². The van der Waals surface area contributed by atoms with Gasteiger partial charge in [0, 0.05) is 17.1 Å². The SMILES string of the molecule is CCN(Cc1nc(-c2cccc(C)c2)no1)C(=O)Cc1ccc(Cl)cc1. The number of amides is 1. The van der Waals surface area contributed by atoms with Crippen molar-refractivity contribution in [2.75, 3.05) is 6.54 Å². The molecule has 0 bridgehead atoms. The van der Waals surface area contributed by atoms with E-state index >= 15 is 0 Å². The van der Waals surface area contributed by atoms with E-state index in [2.05, 4.69) is 10.1 Å². The third-order valence-electron chi connectivity index (χ3n) is 4.07. The van der Waals surface area contributed by atoms with Crippen LogP contribution in [0.1, 0.15) is 23.9 Å². The van der Waals surface area contributed by atoms with Crippen LogP contribution < -0.4 is 0 Å². The van der Waals surface area contributed by atoms with E-state index in [1.54, 1.807) is 17.0 Å². The Labute approximate surface area is 157 Å². The number of hydrogen-bond acceptors (Lipinski definition) is 4. The minimum absolute atomic E-state index is 0.00475. The number of carbonyl (C=O) groups excluding carboxylic acids is 1. The van der Waals surface area contributed by atoms with Crippen LogP contribution in [-0.4, -0.2) is 27.5 Å². The van der Waals surface area contributed by atoms with Crippen LogP contribution in [-0.2, 0) is 17.8 Å². The second-order valence-electron chi connectivity index (χ2n) is 6.09. The molecule has 26 heavy (non-hydrogen) atoms. The molecule has 134 valence electrons. The van der Waals surface area contributed by atoms with Gasteiger partial charge in [-0.05, 0) is 37.6 Å². The van der Waals surface area contributed by atoms with Crippen molar-refractivity contribution in [1.29, 1.82) is 0 Å². The van der Waals surface area contributed by atoms with Gasteiger partial charge in [-0.2, -0.15) is 4.98 Å². The van der Waals surface area contributed by atoms with Gasteiger partial charge in [0.05, 0.1) is 13.0 Å². The largest absolute Gasteiger partial charge is 0.337 e. The van der Waals surface area contributed by atoms with Crippen LogP contribution in [0.5, 0.6) is 0 Å². The van der Waals surface area contributed by atoms with Crippen LogP contribution in [0, 0.1) is 6.92 Å². The number of hydrogen-bond donors (Lipinski definition) is 0. The number of likely N-dealkylation sites (N-methyl/N-ethyl adjacent to an activating group) is 1. The van der Waals surface area contributed by atoms with Gasteiger partial charge in [0.25, 0.3) is 0 Å². The molecule has 0 saturated heterocycles. The Kier molecular flexibility index (Phi) is 5.68. The summed E-state index contributed by atoms with van der Waals surface area (Å²) in [5.41, 5.74) is 2.95. The quantitative estimate of drug-likeness (QED) is 0.650. The average Bonchev–Trinajstić information content (AvgIpc) is 3.10. The van der Waals surface area contributed by atoms with Crippen molar-refractivity contribution >= 4 is 17.5 Å². The van der Waals surface area contributed by atoms with Gasteiger partial charge in [-0.15, -0.1) is 0 Å². The third-order valence-corrected chi connectivity index (χ3v) is 4.33. The molecule has 0 spiro atoms. The fourth-order valence-corrected chi connectivity index (χ4v) is 2.77. The highest BCUT2D eigenvalue weighted by Gasteiger charge is 2.17. The smallest absolute Gasteiger partial charge is 0.246 e. The Balaban J connectivity index is 1.68. The summed E-state index contributed by atoms with van der Waals surface area (Å²) in [4.78, 5) is 18.7. The molecule has 0 unspecified atom stereocenters. The predicted octanol–water partition coefficient (Wildman–Crippen LogP) is 4.29. The number of nitrogens with zero attached hydrogens (tertiary/aromatic N) is 3. The monoisotopic (exact) mass is 369 g/mol. The van der Waals surface area contributed by atoms with Gasteiger partial charge in [0.15, 0.2) is 0 Å². The fourth-order valence-electron chi connectivity index (χ4n) is 2.65. The molecule has 1 heterocycles. The summed E-state index contributed by atoms with van der Waals surface area (Å²) in [6.07, 6.45) is 0.309. The highest BCUT2D eigenvalue weighted by molar-refractivity contribution is 6.30. The maximum atomic E-state index is 12.6. The standard InChI is InChI=1S/C20H20ClN3O2/c1-3-24(19(25)12-15-7-9-17(21)10-8-15)13-18-22-20(23-26-18)16-6-4-5-14(2)11-16/h4-11H,3,12-13H2,1-2H3. The maximum Gasteiger partial charge on any atom is 0.246 e. The van der Waals surface area contributed by atoms with E-state index in [-0.39, 0.29) is 5.91 Å². The molecule has 5 nitrogen and oxygen atoms in total. The van der Waals surface area contributed by atoms with Crippen LogP contribution in [0.2, 0.25) is 5.02 Å². The zero-order valence-electron chi connectivity index (χ0n) is 14.8. The van der Waals surface area contributed by atoms with Gasteiger partial charge in [0.2, 0.25) is 17.6 Å². The number of aromatic nitrogens is 2. The third kappa shape index (κ3) is 4.49. The van der Waals surface area contributed by atoms with Crippen molar-refractivity contribution in [3.05, 3.63) is 70.6 Å².